The average Bonchev–Trinajstić information content (AvgIpc) is 3.64. The number of rotatable bonds is 6. The topological polar surface area (TPSA) is 127 Å². The van der Waals surface area contributed by atoms with Gasteiger partial charge in [-0.2, -0.15) is 5.10 Å². The molecule has 0 spiro atoms. The molecule has 6 rings (SSSR count). The lowest BCUT2D eigenvalue weighted by Gasteiger charge is -2.27. The molecule has 6 heterocycles. The highest BCUT2D eigenvalue weighted by Crippen LogP contribution is 2.22. The van der Waals surface area contributed by atoms with Crippen LogP contribution in [0.25, 0.3) is 16.8 Å². The zero-order chi connectivity index (χ0) is 27.1. The Hall–Kier alpha value is -4.84. The monoisotopic (exact) mass is 524 g/mol. The smallest absolute Gasteiger partial charge is 0.294 e. The third-order valence-electron chi connectivity index (χ3n) is 6.99. The molecule has 5 aromatic heterocycles. The molecule has 12 nitrogen and oxygen atoms in total. The molecule has 39 heavy (non-hydrogen) atoms. The minimum absolute atomic E-state index is 0.134. The Morgan fingerprint density at radius 2 is 1.90 bits per heavy atom. The number of amides is 2. The molecule has 1 aliphatic rings. The van der Waals surface area contributed by atoms with Gasteiger partial charge in [0.25, 0.3) is 5.91 Å². The summed E-state index contributed by atoms with van der Waals surface area (Å²) in [5.74, 6) is -0.427. The van der Waals surface area contributed by atoms with E-state index in [1.54, 1.807) is 40.7 Å². The highest BCUT2D eigenvalue weighted by molar-refractivity contribution is 6.03. The Kier molecular flexibility index (Phi) is 6.15. The molecule has 0 radical (unpaired) electrons. The number of carbonyl (C=O) groups excluding carboxylic acids is 2. The molecule has 198 valence electrons. The summed E-state index contributed by atoms with van der Waals surface area (Å²) in [7, 11) is 3.90. The van der Waals surface area contributed by atoms with Crippen LogP contribution in [0.2, 0.25) is 0 Å². The van der Waals surface area contributed by atoms with E-state index in [2.05, 4.69) is 52.6 Å². The summed E-state index contributed by atoms with van der Waals surface area (Å²) in [6.07, 6.45) is 9.99. The van der Waals surface area contributed by atoms with Crippen molar-refractivity contribution in [2.24, 2.45) is 14.1 Å². The maximum Gasteiger partial charge on any atom is 0.294 e. The zero-order valence-electron chi connectivity index (χ0n) is 21.9. The van der Waals surface area contributed by atoms with Crippen LogP contribution in [0, 0.1) is 6.92 Å². The first-order chi connectivity index (χ1) is 18.8. The van der Waals surface area contributed by atoms with Gasteiger partial charge >= 0.3 is 0 Å². The zero-order valence-corrected chi connectivity index (χ0v) is 21.9. The van der Waals surface area contributed by atoms with Crippen LogP contribution in [0.4, 0.5) is 11.4 Å². The van der Waals surface area contributed by atoms with Crippen molar-refractivity contribution in [3.63, 3.8) is 0 Å². The molecule has 0 aliphatic carbocycles. The van der Waals surface area contributed by atoms with E-state index < -0.39 is 5.91 Å². The number of anilines is 2. The summed E-state index contributed by atoms with van der Waals surface area (Å²) in [5.41, 5.74) is 6.59. The number of hydrogen-bond donors (Lipinski definition) is 2. The largest absolute Gasteiger partial charge is 0.354 e. The summed E-state index contributed by atoms with van der Waals surface area (Å²) < 4.78 is 5.49. The second-order valence-electron chi connectivity index (χ2n) is 9.79. The molecule has 0 saturated carbocycles. The van der Waals surface area contributed by atoms with E-state index in [4.69, 9.17) is 0 Å². The molecule has 0 saturated heterocycles. The van der Waals surface area contributed by atoms with Gasteiger partial charge in [0.2, 0.25) is 11.7 Å². The van der Waals surface area contributed by atoms with Crippen LogP contribution in [0.5, 0.6) is 0 Å². The number of carbonyl (C=O) groups is 2. The number of pyridine rings is 2. The summed E-state index contributed by atoms with van der Waals surface area (Å²) in [5, 5.41) is 18.2. The summed E-state index contributed by atoms with van der Waals surface area (Å²) in [4.78, 5) is 32.4. The van der Waals surface area contributed by atoms with Crippen molar-refractivity contribution in [2.45, 2.75) is 19.9 Å². The Morgan fingerprint density at radius 3 is 2.72 bits per heavy atom. The Labute approximate surface area is 224 Å². The summed E-state index contributed by atoms with van der Waals surface area (Å²) in [6, 6.07) is 7.54. The highest BCUT2D eigenvalue weighted by atomic mass is 16.2. The molecular weight excluding hydrogens is 496 g/mol. The van der Waals surface area contributed by atoms with Crippen molar-refractivity contribution in [3.05, 3.63) is 78.0 Å². The first kappa shape index (κ1) is 24.5. The van der Waals surface area contributed by atoms with Gasteiger partial charge in [0.05, 0.1) is 36.0 Å². The molecule has 12 heteroatoms. The second kappa shape index (κ2) is 9.80. The maximum atomic E-state index is 13.1. The third-order valence-corrected chi connectivity index (χ3v) is 6.99. The lowest BCUT2D eigenvalue weighted by molar-refractivity contribution is -0.117. The molecule has 0 unspecified atom stereocenters. The lowest BCUT2D eigenvalue weighted by Crippen LogP contribution is -2.37. The first-order valence-corrected chi connectivity index (χ1v) is 12.6. The molecule has 1 aliphatic heterocycles. The van der Waals surface area contributed by atoms with Crippen molar-refractivity contribution in [2.75, 3.05) is 23.7 Å². The second-order valence-corrected chi connectivity index (χ2v) is 9.79. The van der Waals surface area contributed by atoms with Gasteiger partial charge in [0.15, 0.2) is 5.65 Å². The number of fused-ring (bicyclic) bond motifs is 2. The van der Waals surface area contributed by atoms with Gasteiger partial charge in [-0.05, 0) is 42.3 Å². The van der Waals surface area contributed by atoms with E-state index in [1.807, 2.05) is 32.4 Å². The molecule has 0 fully saturated rings. The van der Waals surface area contributed by atoms with Crippen molar-refractivity contribution in [3.8, 4) is 11.1 Å². The predicted octanol–water partition coefficient (Wildman–Crippen LogP) is 2.42. The van der Waals surface area contributed by atoms with Crippen LogP contribution in [0.1, 0.15) is 27.6 Å². The molecule has 2 amide bonds. The Bertz CT molecular complexity index is 1710. The van der Waals surface area contributed by atoms with Gasteiger partial charge in [0, 0.05) is 63.5 Å². The van der Waals surface area contributed by atoms with E-state index in [0.717, 1.165) is 30.6 Å². The van der Waals surface area contributed by atoms with E-state index in [-0.39, 0.29) is 18.3 Å². The normalized spacial score (nSPS) is 13.4. The quantitative estimate of drug-likeness (QED) is 0.349. The van der Waals surface area contributed by atoms with Crippen LogP contribution in [0.3, 0.4) is 0 Å². The van der Waals surface area contributed by atoms with Crippen molar-refractivity contribution in [1.29, 1.82) is 0 Å². The van der Waals surface area contributed by atoms with Gasteiger partial charge in [-0.1, -0.05) is 0 Å². The van der Waals surface area contributed by atoms with Crippen LogP contribution in [0.15, 0.2) is 55.2 Å². The van der Waals surface area contributed by atoms with Crippen LogP contribution >= 0.6 is 0 Å². The molecule has 5 aromatic rings. The molecule has 0 aromatic carbocycles. The molecule has 2 N–H and O–H groups in total. The van der Waals surface area contributed by atoms with Crippen LogP contribution in [-0.2, 0) is 31.9 Å². The van der Waals surface area contributed by atoms with E-state index in [1.165, 1.54) is 11.3 Å². The highest BCUT2D eigenvalue weighted by Gasteiger charge is 2.21. The van der Waals surface area contributed by atoms with E-state index in [9.17, 15) is 9.59 Å². The minimum atomic E-state index is -0.433. The van der Waals surface area contributed by atoms with Crippen LogP contribution in [-0.4, -0.2) is 63.7 Å². The standard InChI is InChI=1S/C27H28N10O2/c1-17-22(11-21(13-28-17)30-25(38)16-36-8-6-23-19(15-36)4-7-34(23)2)31-27(39)26-33-32-24-10-18(5-9-37(24)26)20-12-29-35(3)14-20/h4-5,7,9-14H,6,8,15-16H2,1-3H3,(H,30,38)(H,31,39). The van der Waals surface area contributed by atoms with Gasteiger partial charge < -0.3 is 15.2 Å². The number of hydrogen-bond acceptors (Lipinski definition) is 7. The SMILES string of the molecule is Cc1ncc(NC(=O)CN2CCc3c(ccn3C)C2)cc1NC(=O)c1nnc2cc(-c3cnn(C)c3)ccn12. The lowest BCUT2D eigenvalue weighted by atomic mass is 10.1. The van der Waals surface area contributed by atoms with Gasteiger partial charge in [-0.25, -0.2) is 0 Å². The van der Waals surface area contributed by atoms with Gasteiger partial charge in [-0.15, -0.1) is 10.2 Å². The summed E-state index contributed by atoms with van der Waals surface area (Å²) >= 11 is 0. The van der Waals surface area contributed by atoms with Crippen molar-refractivity contribution >= 4 is 28.8 Å². The van der Waals surface area contributed by atoms with Gasteiger partial charge in [0.1, 0.15) is 0 Å². The minimum Gasteiger partial charge on any atom is -0.354 e. The van der Waals surface area contributed by atoms with E-state index in [0.29, 0.717) is 22.7 Å². The molecule has 0 bridgehead atoms. The number of aryl methyl sites for hydroxylation is 3. The third kappa shape index (κ3) is 4.89. The van der Waals surface area contributed by atoms with Crippen molar-refractivity contribution in [1.82, 2.24) is 38.8 Å². The molecular formula is C27H28N10O2. The molecule has 0 atom stereocenters. The van der Waals surface area contributed by atoms with Crippen LogP contribution < -0.4 is 10.6 Å². The summed E-state index contributed by atoms with van der Waals surface area (Å²) in [6.45, 7) is 3.63. The fourth-order valence-electron chi connectivity index (χ4n) is 4.92. The Morgan fingerprint density at radius 1 is 1.03 bits per heavy atom. The van der Waals surface area contributed by atoms with Crippen molar-refractivity contribution < 1.29 is 9.59 Å². The number of nitrogens with one attached hydrogen (secondary N) is 2. The fourth-order valence-corrected chi connectivity index (χ4v) is 4.92. The average molecular weight is 525 g/mol. The Balaban J connectivity index is 1.13. The predicted molar refractivity (Wildman–Crippen MR) is 145 cm³/mol. The number of nitrogens with zero attached hydrogens (tertiary/aromatic N) is 8. The number of aromatic nitrogens is 7. The first-order valence-electron chi connectivity index (χ1n) is 12.6. The van der Waals surface area contributed by atoms with Gasteiger partial charge in [-0.3, -0.25) is 28.6 Å². The fraction of sp³-hybridized carbons (Fsp3) is 0.259. The van der Waals surface area contributed by atoms with E-state index >= 15 is 0 Å². The maximum absolute atomic E-state index is 13.1.